The minimum absolute atomic E-state index is 0.0367. The van der Waals surface area contributed by atoms with E-state index in [1.807, 2.05) is 45.0 Å². The molecule has 0 aliphatic carbocycles. The third kappa shape index (κ3) is 3.84. The van der Waals surface area contributed by atoms with Gasteiger partial charge >= 0.3 is 5.97 Å². The first-order valence-electron chi connectivity index (χ1n) is 7.35. The number of aromatic carboxylic acids is 1. The summed E-state index contributed by atoms with van der Waals surface area (Å²) >= 11 is 0. The fourth-order valence-corrected chi connectivity index (χ4v) is 2.32. The maximum atomic E-state index is 11.1. The van der Waals surface area contributed by atoms with Gasteiger partial charge in [-0.1, -0.05) is 31.2 Å². The Morgan fingerprint density at radius 2 is 2.18 bits per heavy atom. The molecule has 6 nitrogen and oxygen atoms in total. The molecule has 6 heteroatoms. The maximum Gasteiger partial charge on any atom is 0.358 e. The monoisotopic (exact) mass is 303 g/mol. The van der Waals surface area contributed by atoms with Crippen LogP contribution in [0.15, 0.2) is 24.3 Å². The van der Waals surface area contributed by atoms with Crippen LogP contribution in [0.4, 0.5) is 0 Å². The number of benzene rings is 1. The molecule has 1 aromatic carbocycles. The van der Waals surface area contributed by atoms with E-state index in [9.17, 15) is 4.79 Å². The van der Waals surface area contributed by atoms with Crippen molar-refractivity contribution in [1.82, 2.24) is 15.0 Å². The normalized spacial score (nSPS) is 10.9. The van der Waals surface area contributed by atoms with Crippen LogP contribution in [0.5, 0.6) is 5.75 Å². The second-order valence-electron chi connectivity index (χ2n) is 5.52. The third-order valence-corrected chi connectivity index (χ3v) is 3.30. The van der Waals surface area contributed by atoms with E-state index in [1.165, 1.54) is 0 Å². The Morgan fingerprint density at radius 3 is 2.82 bits per heavy atom. The lowest BCUT2D eigenvalue weighted by Gasteiger charge is -2.10. The number of carbonyl (C=O) groups is 1. The van der Waals surface area contributed by atoms with Crippen LogP contribution in [0.25, 0.3) is 0 Å². The minimum atomic E-state index is -1.04. The fraction of sp³-hybridized carbons (Fsp3) is 0.438. The summed E-state index contributed by atoms with van der Waals surface area (Å²) in [5, 5.41) is 16.8. The Labute approximate surface area is 129 Å². The summed E-state index contributed by atoms with van der Waals surface area (Å²) in [5.41, 5.74) is 1.85. The van der Waals surface area contributed by atoms with Crippen LogP contribution < -0.4 is 4.74 Å². The Balaban J connectivity index is 1.93. The maximum absolute atomic E-state index is 11.1. The highest BCUT2D eigenvalue weighted by molar-refractivity contribution is 5.86. The highest BCUT2D eigenvalue weighted by Gasteiger charge is 2.21. The predicted octanol–water partition coefficient (Wildman–Crippen LogP) is 2.88. The number of nitrogens with zero attached hydrogens (tertiary/aromatic N) is 3. The van der Waals surface area contributed by atoms with Gasteiger partial charge in [0.15, 0.2) is 5.69 Å². The standard InChI is InChI=1S/C16H21N3O3/c1-11(2)15-14(16(20)21)17-18-19(15)8-5-9-22-13-7-4-6-12(3)10-13/h4,6-7,10-11H,5,8-9H2,1-3H3,(H,20,21). The van der Waals surface area contributed by atoms with Gasteiger partial charge in [-0.05, 0) is 30.5 Å². The number of carboxylic acids is 1. The van der Waals surface area contributed by atoms with E-state index in [1.54, 1.807) is 4.68 Å². The minimum Gasteiger partial charge on any atom is -0.494 e. The molecule has 22 heavy (non-hydrogen) atoms. The molecule has 0 radical (unpaired) electrons. The van der Waals surface area contributed by atoms with Crippen molar-refractivity contribution in [3.05, 3.63) is 41.2 Å². The van der Waals surface area contributed by atoms with E-state index in [0.29, 0.717) is 18.8 Å². The second-order valence-corrected chi connectivity index (χ2v) is 5.52. The zero-order valence-electron chi connectivity index (χ0n) is 13.1. The molecule has 0 saturated carbocycles. The molecule has 0 aliphatic heterocycles. The van der Waals surface area contributed by atoms with Crippen molar-refractivity contribution in [1.29, 1.82) is 0 Å². The van der Waals surface area contributed by atoms with Crippen LogP contribution in [0.2, 0.25) is 0 Å². The first-order chi connectivity index (χ1) is 10.5. The molecule has 1 heterocycles. The van der Waals surface area contributed by atoms with Crippen LogP contribution in [0, 0.1) is 6.92 Å². The first kappa shape index (κ1) is 16.0. The molecule has 2 aromatic rings. The third-order valence-electron chi connectivity index (χ3n) is 3.30. The van der Waals surface area contributed by atoms with Gasteiger partial charge in [0.2, 0.25) is 0 Å². The van der Waals surface area contributed by atoms with E-state index in [4.69, 9.17) is 9.84 Å². The number of ether oxygens (including phenoxy) is 1. The molecular weight excluding hydrogens is 282 g/mol. The van der Waals surface area contributed by atoms with Gasteiger partial charge in [-0.3, -0.25) is 0 Å². The molecule has 0 unspecified atom stereocenters. The zero-order chi connectivity index (χ0) is 16.1. The van der Waals surface area contributed by atoms with Gasteiger partial charge in [-0.2, -0.15) is 0 Å². The highest BCUT2D eigenvalue weighted by atomic mass is 16.5. The van der Waals surface area contributed by atoms with Crippen LogP contribution in [-0.2, 0) is 6.54 Å². The molecule has 0 atom stereocenters. The zero-order valence-corrected chi connectivity index (χ0v) is 13.1. The SMILES string of the molecule is Cc1cccc(OCCCn2nnc(C(=O)O)c2C(C)C)c1. The van der Waals surface area contributed by atoms with Crippen molar-refractivity contribution in [3.63, 3.8) is 0 Å². The average Bonchev–Trinajstić information content (AvgIpc) is 2.88. The van der Waals surface area contributed by atoms with E-state index < -0.39 is 5.97 Å². The van der Waals surface area contributed by atoms with Gasteiger partial charge in [0, 0.05) is 13.0 Å². The number of hydrogen-bond donors (Lipinski definition) is 1. The smallest absolute Gasteiger partial charge is 0.358 e. The lowest BCUT2D eigenvalue weighted by molar-refractivity contribution is 0.0688. The summed E-state index contributed by atoms with van der Waals surface area (Å²) in [6.07, 6.45) is 0.732. The fourth-order valence-electron chi connectivity index (χ4n) is 2.32. The molecule has 0 fully saturated rings. The molecule has 0 saturated heterocycles. The Bertz CT molecular complexity index is 650. The Kier molecular flexibility index (Phi) is 5.14. The molecular formula is C16H21N3O3. The number of rotatable bonds is 7. The van der Waals surface area contributed by atoms with Gasteiger partial charge in [0.1, 0.15) is 5.75 Å². The van der Waals surface area contributed by atoms with Crippen LogP contribution in [-0.4, -0.2) is 32.7 Å². The summed E-state index contributed by atoms with van der Waals surface area (Å²) in [7, 11) is 0. The van der Waals surface area contributed by atoms with Crippen molar-refractivity contribution < 1.29 is 14.6 Å². The van der Waals surface area contributed by atoms with Crippen molar-refractivity contribution in [2.75, 3.05) is 6.61 Å². The van der Waals surface area contributed by atoms with Gasteiger partial charge in [-0.25, -0.2) is 9.48 Å². The number of aromatic nitrogens is 3. The number of aryl methyl sites for hydroxylation is 2. The summed E-state index contributed by atoms with van der Waals surface area (Å²) in [4.78, 5) is 11.1. The van der Waals surface area contributed by atoms with Crippen molar-refractivity contribution in [2.24, 2.45) is 0 Å². The molecule has 0 amide bonds. The van der Waals surface area contributed by atoms with Crippen molar-refractivity contribution >= 4 is 5.97 Å². The molecule has 1 N–H and O–H groups in total. The largest absolute Gasteiger partial charge is 0.494 e. The summed E-state index contributed by atoms with van der Waals surface area (Å²) in [6.45, 7) is 7.02. The quantitative estimate of drug-likeness (QED) is 0.796. The Hall–Kier alpha value is -2.37. The Morgan fingerprint density at radius 1 is 1.41 bits per heavy atom. The molecule has 0 spiro atoms. The molecule has 2 rings (SSSR count). The molecule has 1 aromatic heterocycles. The van der Waals surface area contributed by atoms with Crippen molar-refractivity contribution in [2.45, 2.75) is 39.7 Å². The lowest BCUT2D eigenvalue weighted by Crippen LogP contribution is -2.12. The van der Waals surface area contributed by atoms with Crippen LogP contribution in [0.1, 0.15) is 47.9 Å². The van der Waals surface area contributed by atoms with Crippen LogP contribution >= 0.6 is 0 Å². The van der Waals surface area contributed by atoms with Gasteiger partial charge in [0.25, 0.3) is 0 Å². The van der Waals surface area contributed by atoms with Crippen LogP contribution in [0.3, 0.4) is 0 Å². The summed E-state index contributed by atoms with van der Waals surface area (Å²) in [5.74, 6) is -0.140. The average molecular weight is 303 g/mol. The molecule has 118 valence electrons. The molecule has 0 bridgehead atoms. The lowest BCUT2D eigenvalue weighted by atomic mass is 10.1. The van der Waals surface area contributed by atoms with E-state index >= 15 is 0 Å². The van der Waals surface area contributed by atoms with Gasteiger partial charge < -0.3 is 9.84 Å². The van der Waals surface area contributed by atoms with Gasteiger partial charge in [-0.15, -0.1) is 5.10 Å². The second kappa shape index (κ2) is 7.06. The number of hydrogen-bond acceptors (Lipinski definition) is 4. The van der Waals surface area contributed by atoms with E-state index in [-0.39, 0.29) is 11.6 Å². The van der Waals surface area contributed by atoms with E-state index in [0.717, 1.165) is 17.7 Å². The first-order valence-corrected chi connectivity index (χ1v) is 7.35. The summed E-state index contributed by atoms with van der Waals surface area (Å²) in [6, 6.07) is 7.88. The predicted molar refractivity (Wildman–Crippen MR) is 82.4 cm³/mol. The van der Waals surface area contributed by atoms with Gasteiger partial charge in [0.05, 0.1) is 12.3 Å². The number of carboxylic acid groups (broad SMARTS) is 1. The highest BCUT2D eigenvalue weighted by Crippen LogP contribution is 2.18. The summed E-state index contributed by atoms with van der Waals surface area (Å²) < 4.78 is 7.35. The molecule has 0 aliphatic rings. The topological polar surface area (TPSA) is 77.2 Å². The van der Waals surface area contributed by atoms with Crippen molar-refractivity contribution in [3.8, 4) is 5.75 Å². The van der Waals surface area contributed by atoms with E-state index in [2.05, 4.69) is 10.3 Å².